The van der Waals surface area contributed by atoms with Crippen LogP contribution in [-0.2, 0) is 9.59 Å². The van der Waals surface area contributed by atoms with Gasteiger partial charge in [-0.05, 0) is 45.8 Å². The molecule has 0 spiro atoms. The molecule has 1 saturated heterocycles. The number of carbonyl (C=O) groups is 2. The number of nitrogens with one attached hydrogen (secondary N) is 1. The Kier molecular flexibility index (Phi) is 6.12. The highest BCUT2D eigenvalue weighted by Crippen LogP contribution is 2.15. The third-order valence-corrected chi connectivity index (χ3v) is 3.33. The van der Waals surface area contributed by atoms with Crippen LogP contribution in [0.25, 0.3) is 0 Å². The van der Waals surface area contributed by atoms with E-state index in [1.165, 1.54) is 0 Å². The summed E-state index contributed by atoms with van der Waals surface area (Å²) in [4.78, 5) is 27.2. The first-order valence-corrected chi connectivity index (χ1v) is 6.72. The normalized spacial score (nSPS) is 17.0. The molecule has 0 unspecified atom stereocenters. The van der Waals surface area contributed by atoms with Gasteiger partial charge in [-0.3, -0.25) is 9.59 Å². The zero-order valence-electron chi connectivity index (χ0n) is 11.7. The Balaban J connectivity index is 2.22. The molecule has 18 heavy (non-hydrogen) atoms. The second kappa shape index (κ2) is 7.36. The molecular formula is C13H25N3O2. The van der Waals surface area contributed by atoms with Gasteiger partial charge in [0.05, 0.1) is 0 Å². The Labute approximate surface area is 110 Å². The summed E-state index contributed by atoms with van der Waals surface area (Å²) in [6, 6.07) is 0. The summed E-state index contributed by atoms with van der Waals surface area (Å²) in [5.41, 5.74) is 0. The summed E-state index contributed by atoms with van der Waals surface area (Å²) in [5.74, 6) is -0.160. The van der Waals surface area contributed by atoms with Crippen LogP contribution in [0.2, 0.25) is 0 Å². The highest BCUT2D eigenvalue weighted by molar-refractivity contribution is 6.35. The molecule has 0 saturated carbocycles. The van der Waals surface area contributed by atoms with Gasteiger partial charge in [-0.15, -0.1) is 0 Å². The number of rotatable bonds is 4. The molecule has 0 atom stereocenters. The number of likely N-dealkylation sites (tertiary alicyclic amines) is 1. The number of nitrogens with zero attached hydrogens (tertiary/aromatic N) is 2. The van der Waals surface area contributed by atoms with E-state index in [1.807, 2.05) is 14.1 Å². The van der Waals surface area contributed by atoms with Crippen LogP contribution in [0.1, 0.15) is 26.2 Å². The Hall–Kier alpha value is -1.10. The largest absolute Gasteiger partial charge is 0.348 e. The lowest BCUT2D eigenvalue weighted by molar-refractivity contribution is -0.146. The number of hydrogen-bond acceptors (Lipinski definition) is 3. The van der Waals surface area contributed by atoms with Gasteiger partial charge < -0.3 is 15.1 Å². The quantitative estimate of drug-likeness (QED) is 0.581. The van der Waals surface area contributed by atoms with Crippen LogP contribution in [0.3, 0.4) is 0 Å². The van der Waals surface area contributed by atoms with Crippen LogP contribution in [0.4, 0.5) is 0 Å². The van der Waals surface area contributed by atoms with E-state index >= 15 is 0 Å². The van der Waals surface area contributed by atoms with Crippen LogP contribution >= 0.6 is 0 Å². The fraction of sp³-hybridized carbons (Fsp3) is 0.846. The number of amides is 2. The Morgan fingerprint density at radius 2 is 1.89 bits per heavy atom. The molecule has 0 aromatic rings. The van der Waals surface area contributed by atoms with E-state index in [0.717, 1.165) is 25.8 Å². The Morgan fingerprint density at radius 3 is 2.44 bits per heavy atom. The molecular weight excluding hydrogens is 230 g/mol. The summed E-state index contributed by atoms with van der Waals surface area (Å²) in [7, 11) is 3.98. The van der Waals surface area contributed by atoms with Gasteiger partial charge in [0.2, 0.25) is 0 Å². The minimum Gasteiger partial charge on any atom is -0.348 e. The van der Waals surface area contributed by atoms with Crippen molar-refractivity contribution in [3.63, 3.8) is 0 Å². The molecule has 1 aliphatic heterocycles. The maximum Gasteiger partial charge on any atom is 0.311 e. The van der Waals surface area contributed by atoms with Crippen molar-refractivity contribution >= 4 is 11.8 Å². The Morgan fingerprint density at radius 1 is 1.28 bits per heavy atom. The van der Waals surface area contributed by atoms with Gasteiger partial charge in [0.1, 0.15) is 0 Å². The molecule has 5 heteroatoms. The summed E-state index contributed by atoms with van der Waals surface area (Å²) in [6.07, 6.45) is 2.86. The van der Waals surface area contributed by atoms with Gasteiger partial charge in [-0.1, -0.05) is 6.92 Å². The van der Waals surface area contributed by atoms with E-state index in [4.69, 9.17) is 0 Å². The molecule has 0 aliphatic carbocycles. The summed E-state index contributed by atoms with van der Waals surface area (Å²) in [6.45, 7) is 5.09. The van der Waals surface area contributed by atoms with Crippen LogP contribution in [0.5, 0.6) is 0 Å². The second-order valence-electron chi connectivity index (χ2n) is 5.39. The third-order valence-electron chi connectivity index (χ3n) is 3.33. The van der Waals surface area contributed by atoms with Crippen LogP contribution in [0.15, 0.2) is 0 Å². The summed E-state index contributed by atoms with van der Waals surface area (Å²) >= 11 is 0. The smallest absolute Gasteiger partial charge is 0.311 e. The van der Waals surface area contributed by atoms with Crippen LogP contribution < -0.4 is 5.32 Å². The third kappa shape index (κ3) is 5.04. The average Bonchev–Trinajstić information content (AvgIpc) is 2.34. The molecule has 5 nitrogen and oxygen atoms in total. The van der Waals surface area contributed by atoms with E-state index in [2.05, 4.69) is 17.1 Å². The number of carbonyl (C=O) groups excluding carboxylic acids is 2. The van der Waals surface area contributed by atoms with E-state index in [1.54, 1.807) is 4.90 Å². The molecule has 1 N–H and O–H groups in total. The second-order valence-corrected chi connectivity index (χ2v) is 5.39. The monoisotopic (exact) mass is 255 g/mol. The molecule has 2 amide bonds. The maximum atomic E-state index is 11.8. The molecule has 1 rings (SSSR count). The van der Waals surface area contributed by atoms with Crippen molar-refractivity contribution in [2.75, 3.05) is 40.3 Å². The van der Waals surface area contributed by atoms with Gasteiger partial charge in [0.15, 0.2) is 0 Å². The van der Waals surface area contributed by atoms with E-state index in [9.17, 15) is 9.59 Å². The van der Waals surface area contributed by atoms with Crippen molar-refractivity contribution < 1.29 is 9.59 Å². The average molecular weight is 255 g/mol. The van der Waals surface area contributed by atoms with Crippen molar-refractivity contribution in [1.82, 2.24) is 15.1 Å². The first-order chi connectivity index (χ1) is 8.50. The van der Waals surface area contributed by atoms with Crippen LogP contribution in [0, 0.1) is 5.92 Å². The summed E-state index contributed by atoms with van der Waals surface area (Å²) in [5, 5.41) is 2.69. The zero-order valence-corrected chi connectivity index (χ0v) is 11.7. The maximum absolute atomic E-state index is 11.8. The standard InChI is InChI=1S/C13H25N3O2/c1-11-5-9-16(10-6-11)13(18)12(17)14-7-4-8-15(2)3/h11H,4-10H2,1-3H3,(H,14,17). The van der Waals surface area contributed by atoms with Crippen molar-refractivity contribution in [2.45, 2.75) is 26.2 Å². The first kappa shape index (κ1) is 15.0. The lowest BCUT2D eigenvalue weighted by Gasteiger charge is -2.29. The van der Waals surface area contributed by atoms with Gasteiger partial charge >= 0.3 is 11.8 Å². The van der Waals surface area contributed by atoms with Gasteiger partial charge in [-0.2, -0.15) is 0 Å². The lowest BCUT2D eigenvalue weighted by Crippen LogP contribution is -2.46. The molecule has 1 heterocycles. The lowest BCUT2D eigenvalue weighted by atomic mass is 9.99. The molecule has 104 valence electrons. The van der Waals surface area contributed by atoms with E-state index < -0.39 is 5.91 Å². The van der Waals surface area contributed by atoms with Crippen LogP contribution in [-0.4, -0.2) is 61.9 Å². The predicted molar refractivity (Wildman–Crippen MR) is 71.2 cm³/mol. The molecule has 1 aliphatic rings. The summed E-state index contributed by atoms with van der Waals surface area (Å²) < 4.78 is 0. The fourth-order valence-electron chi connectivity index (χ4n) is 2.03. The number of hydrogen-bond donors (Lipinski definition) is 1. The molecule has 0 radical (unpaired) electrons. The number of piperidine rings is 1. The van der Waals surface area contributed by atoms with Gasteiger partial charge in [0, 0.05) is 19.6 Å². The van der Waals surface area contributed by atoms with Crippen molar-refractivity contribution in [3.8, 4) is 0 Å². The van der Waals surface area contributed by atoms with E-state index in [0.29, 0.717) is 25.6 Å². The molecule has 0 bridgehead atoms. The fourth-order valence-corrected chi connectivity index (χ4v) is 2.03. The Bertz CT molecular complexity index is 284. The van der Waals surface area contributed by atoms with Gasteiger partial charge in [-0.25, -0.2) is 0 Å². The SMILES string of the molecule is CC1CCN(C(=O)C(=O)NCCCN(C)C)CC1. The first-order valence-electron chi connectivity index (χ1n) is 6.72. The molecule has 1 fully saturated rings. The van der Waals surface area contributed by atoms with Crippen molar-refractivity contribution in [1.29, 1.82) is 0 Å². The van der Waals surface area contributed by atoms with Gasteiger partial charge in [0.25, 0.3) is 0 Å². The molecule has 0 aromatic carbocycles. The minimum atomic E-state index is -0.455. The predicted octanol–water partition coefficient (Wildman–Crippen LogP) is 0.313. The van der Waals surface area contributed by atoms with E-state index in [-0.39, 0.29) is 5.91 Å². The highest BCUT2D eigenvalue weighted by atomic mass is 16.2. The molecule has 0 aromatic heterocycles. The highest BCUT2D eigenvalue weighted by Gasteiger charge is 2.24. The zero-order chi connectivity index (χ0) is 13.5. The van der Waals surface area contributed by atoms with Crippen molar-refractivity contribution in [3.05, 3.63) is 0 Å². The minimum absolute atomic E-state index is 0.369. The topological polar surface area (TPSA) is 52.7 Å². The van der Waals surface area contributed by atoms with Crippen molar-refractivity contribution in [2.24, 2.45) is 5.92 Å².